The van der Waals surface area contributed by atoms with Crippen LogP contribution in [0.25, 0.3) is 33.8 Å². The molecule has 0 bridgehead atoms. The summed E-state index contributed by atoms with van der Waals surface area (Å²) >= 11 is 0. The number of pyridine rings is 1. The van der Waals surface area contributed by atoms with Gasteiger partial charge >= 0.3 is 6.61 Å². The molecule has 12 nitrogen and oxygen atoms in total. The summed E-state index contributed by atoms with van der Waals surface area (Å²) in [6.45, 7) is -2.79. The van der Waals surface area contributed by atoms with Gasteiger partial charge in [0.1, 0.15) is 24.2 Å². The number of alkyl halides is 4. The van der Waals surface area contributed by atoms with Gasteiger partial charge in [-0.2, -0.15) is 13.9 Å². The minimum Gasteiger partial charge on any atom is -0.474 e. The molecule has 244 valence electrons. The molecule has 3 aliphatic rings. The smallest absolute Gasteiger partial charge is 0.388 e. The molecule has 17 heteroatoms. The number of ether oxygens (including phenoxy) is 3. The van der Waals surface area contributed by atoms with E-state index in [0.717, 1.165) is 11.8 Å². The number of sulfonamides is 1. The third kappa shape index (κ3) is 6.56. The maximum absolute atomic E-state index is 14.7. The van der Waals surface area contributed by atoms with Gasteiger partial charge in [0.05, 0.1) is 36.2 Å². The number of benzene rings is 1. The molecule has 5 heterocycles. The van der Waals surface area contributed by atoms with Crippen LogP contribution in [0, 0.1) is 0 Å². The van der Waals surface area contributed by atoms with Gasteiger partial charge in [0, 0.05) is 43.7 Å². The first-order chi connectivity index (χ1) is 22.0. The SMILES string of the molecule is Cn1cc(-c2c3cccn(Cc4ccccc4)c-3nc2-c2c(C(F)F)nn3c2OC[C@@H](OCCNS(C)(=O)=O)C3)c(OC(F)F)n1. The zero-order chi connectivity index (χ0) is 32.6. The molecule has 3 aliphatic heterocycles. The molecule has 0 aliphatic carbocycles. The molecule has 1 atom stereocenters. The Kier molecular flexibility index (Phi) is 8.71. The summed E-state index contributed by atoms with van der Waals surface area (Å²) in [5.41, 5.74) is 1.11. The minimum absolute atomic E-state index is 0.00305. The van der Waals surface area contributed by atoms with Crippen molar-refractivity contribution in [2.24, 2.45) is 7.05 Å². The van der Waals surface area contributed by atoms with E-state index in [4.69, 9.17) is 19.2 Å². The molecule has 1 N–H and O–H groups in total. The first-order valence-electron chi connectivity index (χ1n) is 14.1. The normalized spacial score (nSPS) is 15.1. The quantitative estimate of drug-likeness (QED) is 0.156. The van der Waals surface area contributed by atoms with Crippen molar-refractivity contribution in [2.45, 2.75) is 32.2 Å². The van der Waals surface area contributed by atoms with E-state index in [0.29, 0.717) is 17.9 Å². The molecule has 0 amide bonds. The fourth-order valence-electron chi connectivity index (χ4n) is 5.40. The Morgan fingerprint density at radius 2 is 1.85 bits per heavy atom. The van der Waals surface area contributed by atoms with Crippen LogP contribution >= 0.6 is 0 Å². The molecule has 46 heavy (non-hydrogen) atoms. The zero-order valence-electron chi connectivity index (χ0n) is 24.6. The number of hydrogen-bond acceptors (Lipinski definition) is 8. The van der Waals surface area contributed by atoms with Crippen LogP contribution in [0.2, 0.25) is 0 Å². The molecule has 0 saturated carbocycles. The summed E-state index contributed by atoms with van der Waals surface area (Å²) in [6.07, 6.45) is 0.598. The second-order valence-electron chi connectivity index (χ2n) is 10.6. The lowest BCUT2D eigenvalue weighted by atomic mass is 9.98. The molecular formula is C29H29F4N7O5S. The van der Waals surface area contributed by atoms with Crippen LogP contribution in [-0.4, -0.2) is 76.3 Å². The van der Waals surface area contributed by atoms with Gasteiger partial charge in [-0.25, -0.2) is 31.6 Å². The average Bonchev–Trinajstić information content (AvgIpc) is 3.67. The van der Waals surface area contributed by atoms with Gasteiger partial charge in [-0.1, -0.05) is 30.3 Å². The van der Waals surface area contributed by atoms with Crippen LogP contribution in [0.3, 0.4) is 0 Å². The average molecular weight is 664 g/mol. The second-order valence-corrected chi connectivity index (χ2v) is 12.4. The first-order valence-corrected chi connectivity index (χ1v) is 16.0. The molecule has 0 fully saturated rings. The first kappa shape index (κ1) is 31.5. The van der Waals surface area contributed by atoms with Gasteiger partial charge in [-0.3, -0.25) is 4.68 Å². The highest BCUT2D eigenvalue weighted by molar-refractivity contribution is 7.88. The molecule has 1 aromatic carbocycles. The number of nitrogens with one attached hydrogen (secondary N) is 1. The summed E-state index contributed by atoms with van der Waals surface area (Å²) in [5.74, 6) is 0.00490. The largest absolute Gasteiger partial charge is 0.474 e. The van der Waals surface area contributed by atoms with Crippen molar-refractivity contribution in [2.75, 3.05) is 26.0 Å². The summed E-state index contributed by atoms with van der Waals surface area (Å²) in [6, 6.07) is 13.0. The predicted octanol–water partition coefficient (Wildman–Crippen LogP) is 4.17. The van der Waals surface area contributed by atoms with Gasteiger partial charge in [0.15, 0.2) is 0 Å². The third-order valence-electron chi connectivity index (χ3n) is 7.21. The van der Waals surface area contributed by atoms with E-state index in [9.17, 15) is 26.0 Å². The van der Waals surface area contributed by atoms with Gasteiger partial charge in [-0.05, 0) is 17.7 Å². The number of aromatic nitrogens is 6. The Labute approximate surface area is 260 Å². The highest BCUT2D eigenvalue weighted by atomic mass is 32.2. The van der Waals surface area contributed by atoms with Crippen molar-refractivity contribution in [3.05, 3.63) is 66.1 Å². The highest BCUT2D eigenvalue weighted by Gasteiger charge is 2.37. The lowest BCUT2D eigenvalue weighted by Crippen LogP contribution is -2.35. The number of fused-ring (bicyclic) bond motifs is 2. The van der Waals surface area contributed by atoms with Crippen LogP contribution in [0.1, 0.15) is 17.7 Å². The number of hydrogen-bond donors (Lipinski definition) is 1. The molecular weight excluding hydrogens is 634 g/mol. The Balaban J connectivity index is 1.47. The fraction of sp³-hybridized carbons (Fsp3) is 0.345. The third-order valence-corrected chi connectivity index (χ3v) is 7.93. The predicted molar refractivity (Wildman–Crippen MR) is 157 cm³/mol. The fourth-order valence-corrected chi connectivity index (χ4v) is 5.86. The zero-order valence-corrected chi connectivity index (χ0v) is 25.4. The number of rotatable bonds is 12. The van der Waals surface area contributed by atoms with E-state index >= 15 is 0 Å². The number of halogens is 4. The number of nitrogens with zero attached hydrogens (tertiary/aromatic N) is 6. The minimum atomic E-state index is -3.41. The monoisotopic (exact) mass is 663 g/mol. The van der Waals surface area contributed by atoms with Gasteiger partial charge in [0.25, 0.3) is 6.43 Å². The maximum Gasteiger partial charge on any atom is 0.388 e. The summed E-state index contributed by atoms with van der Waals surface area (Å²) < 4.78 is 102. The van der Waals surface area contributed by atoms with E-state index in [1.165, 1.54) is 22.6 Å². The number of aryl methyl sites for hydroxylation is 1. The Morgan fingerprint density at radius 3 is 2.57 bits per heavy atom. The van der Waals surface area contributed by atoms with E-state index in [1.807, 2.05) is 34.9 Å². The molecule has 2 aromatic heterocycles. The molecule has 6 rings (SSSR count). The second kappa shape index (κ2) is 12.7. The van der Waals surface area contributed by atoms with Crippen LogP contribution in [0.15, 0.2) is 54.9 Å². The van der Waals surface area contributed by atoms with Crippen molar-refractivity contribution in [3.8, 4) is 45.5 Å². The van der Waals surface area contributed by atoms with Crippen molar-refractivity contribution >= 4 is 10.0 Å². The van der Waals surface area contributed by atoms with Gasteiger partial charge in [-0.15, -0.1) is 5.10 Å². The molecule has 3 aromatic rings. The van der Waals surface area contributed by atoms with Gasteiger partial charge < -0.3 is 18.8 Å². The Morgan fingerprint density at radius 1 is 1.07 bits per heavy atom. The molecule has 0 saturated heterocycles. The lowest BCUT2D eigenvalue weighted by molar-refractivity contribution is -0.0527. The van der Waals surface area contributed by atoms with Gasteiger partial charge in [0.2, 0.25) is 21.8 Å². The van der Waals surface area contributed by atoms with Crippen LogP contribution in [0.5, 0.6) is 11.8 Å². The Hall–Kier alpha value is -4.48. The summed E-state index contributed by atoms with van der Waals surface area (Å²) in [5, 5.41) is 8.20. The van der Waals surface area contributed by atoms with E-state index < -0.39 is 40.7 Å². The summed E-state index contributed by atoms with van der Waals surface area (Å²) in [7, 11) is -1.89. The van der Waals surface area contributed by atoms with E-state index in [-0.39, 0.29) is 54.6 Å². The molecule has 0 spiro atoms. The standard InChI is InChI=1S/C29H29F4N7O5S/c1-38-15-20(27(37-38)45-29(32)33)21-19-9-6-11-39(13-17-7-4-3-5-8-17)26(19)35-23(21)22-24(25(30)31)36-40-14-18(16-44-28(22)40)43-12-10-34-46(2,41)42/h3-9,11,15,18,25,29,34H,10,12-14,16H2,1-2H3/t18-/m0/s1. The van der Waals surface area contributed by atoms with Crippen LogP contribution in [-0.2, 0) is 34.9 Å². The maximum atomic E-state index is 14.7. The topological polar surface area (TPSA) is 127 Å². The van der Waals surface area contributed by atoms with Crippen molar-refractivity contribution < 1.29 is 40.2 Å². The highest BCUT2D eigenvalue weighted by Crippen LogP contribution is 2.49. The van der Waals surface area contributed by atoms with E-state index in [1.54, 1.807) is 18.3 Å². The van der Waals surface area contributed by atoms with Crippen molar-refractivity contribution in [1.29, 1.82) is 0 Å². The summed E-state index contributed by atoms with van der Waals surface area (Å²) in [4.78, 5) is 4.83. The molecule has 0 radical (unpaired) electrons. The van der Waals surface area contributed by atoms with Crippen LogP contribution < -0.4 is 14.2 Å². The van der Waals surface area contributed by atoms with E-state index in [2.05, 4.69) is 14.9 Å². The molecule has 0 unspecified atom stereocenters. The van der Waals surface area contributed by atoms with Crippen molar-refractivity contribution in [3.63, 3.8) is 0 Å². The van der Waals surface area contributed by atoms with Crippen LogP contribution in [0.4, 0.5) is 17.6 Å². The lowest BCUT2D eigenvalue weighted by Gasteiger charge is -2.25. The van der Waals surface area contributed by atoms with Crippen molar-refractivity contribution in [1.82, 2.24) is 33.8 Å². The Bertz CT molecular complexity index is 1910.